The molecule has 1 aromatic rings. The molecule has 2 N–H and O–H groups in total. The van der Waals surface area contributed by atoms with Crippen LogP contribution in [0.5, 0.6) is 0 Å². The molecule has 0 heterocycles. The van der Waals surface area contributed by atoms with Crippen LogP contribution in [-0.4, -0.2) is 11.1 Å². The fraction of sp³-hybridized carbons (Fsp3) is 0.571. The zero-order valence-corrected chi connectivity index (χ0v) is 10.4. The van der Waals surface area contributed by atoms with Crippen LogP contribution < -0.4 is 5.32 Å². The first-order chi connectivity index (χ1) is 7.80. The van der Waals surface area contributed by atoms with Crippen molar-refractivity contribution in [3.8, 4) is 0 Å². The Hall–Kier alpha value is -1.02. The average Bonchev–Trinajstić information content (AvgIpc) is 2.31. The maximum Gasteiger partial charge on any atom is 0.0681 e. The molecule has 1 rings (SSSR count). The number of rotatable bonds is 7. The summed E-state index contributed by atoms with van der Waals surface area (Å²) in [4.78, 5) is 0. The van der Waals surface area contributed by atoms with Gasteiger partial charge in [0.15, 0.2) is 0 Å². The molecule has 0 radical (unpaired) electrons. The molecule has 0 saturated heterocycles. The maximum absolute atomic E-state index is 8.96. The predicted molar refractivity (Wildman–Crippen MR) is 69.6 cm³/mol. The third kappa shape index (κ3) is 4.23. The van der Waals surface area contributed by atoms with E-state index >= 15 is 0 Å². The van der Waals surface area contributed by atoms with Crippen molar-refractivity contribution >= 4 is 5.69 Å². The third-order valence-corrected chi connectivity index (χ3v) is 2.78. The molecule has 0 amide bonds. The summed E-state index contributed by atoms with van der Waals surface area (Å²) in [5, 5.41) is 12.5. The van der Waals surface area contributed by atoms with Gasteiger partial charge in [0.1, 0.15) is 0 Å². The minimum Gasteiger partial charge on any atom is -0.392 e. The van der Waals surface area contributed by atoms with Crippen LogP contribution in [0.3, 0.4) is 0 Å². The van der Waals surface area contributed by atoms with Gasteiger partial charge in [0.05, 0.1) is 6.61 Å². The van der Waals surface area contributed by atoms with Crippen LogP contribution in [-0.2, 0) is 6.61 Å². The molecular formula is C14H23NO. The first kappa shape index (κ1) is 13.0. The molecule has 1 aromatic carbocycles. The van der Waals surface area contributed by atoms with E-state index in [1.165, 1.54) is 25.7 Å². The van der Waals surface area contributed by atoms with Crippen molar-refractivity contribution < 1.29 is 5.11 Å². The van der Waals surface area contributed by atoms with Gasteiger partial charge in [-0.15, -0.1) is 0 Å². The van der Waals surface area contributed by atoms with Crippen LogP contribution in [0.15, 0.2) is 24.3 Å². The molecule has 0 unspecified atom stereocenters. The zero-order valence-electron chi connectivity index (χ0n) is 10.4. The van der Waals surface area contributed by atoms with Gasteiger partial charge in [-0.25, -0.2) is 0 Å². The molecular weight excluding hydrogens is 198 g/mol. The van der Waals surface area contributed by atoms with Gasteiger partial charge in [-0.3, -0.25) is 0 Å². The van der Waals surface area contributed by atoms with Crippen LogP contribution in [0.2, 0.25) is 0 Å². The summed E-state index contributed by atoms with van der Waals surface area (Å²) in [6, 6.07) is 8.61. The van der Waals surface area contributed by atoms with Crippen LogP contribution in [0.25, 0.3) is 0 Å². The fourth-order valence-corrected chi connectivity index (χ4v) is 1.93. The van der Waals surface area contributed by atoms with Crippen molar-refractivity contribution in [2.24, 2.45) is 0 Å². The SMILES string of the molecule is CCCC(CCC)Nc1ccc(CO)cc1. The van der Waals surface area contributed by atoms with Crippen molar-refractivity contribution in [2.45, 2.75) is 52.2 Å². The highest BCUT2D eigenvalue weighted by atomic mass is 16.3. The van der Waals surface area contributed by atoms with Crippen molar-refractivity contribution in [3.63, 3.8) is 0 Å². The predicted octanol–water partition coefficient (Wildman–Crippen LogP) is 3.56. The zero-order chi connectivity index (χ0) is 11.8. The van der Waals surface area contributed by atoms with Crippen LogP contribution in [0.1, 0.15) is 45.1 Å². The van der Waals surface area contributed by atoms with E-state index in [1.54, 1.807) is 0 Å². The summed E-state index contributed by atoms with van der Waals surface area (Å²) in [6.45, 7) is 4.56. The molecule has 16 heavy (non-hydrogen) atoms. The lowest BCUT2D eigenvalue weighted by Crippen LogP contribution is -2.18. The largest absolute Gasteiger partial charge is 0.392 e. The van der Waals surface area contributed by atoms with E-state index in [9.17, 15) is 0 Å². The Kier molecular flexibility index (Phi) is 5.94. The smallest absolute Gasteiger partial charge is 0.0681 e. The van der Waals surface area contributed by atoms with E-state index < -0.39 is 0 Å². The van der Waals surface area contributed by atoms with Gasteiger partial charge in [-0.1, -0.05) is 38.8 Å². The van der Waals surface area contributed by atoms with Crippen LogP contribution in [0.4, 0.5) is 5.69 Å². The maximum atomic E-state index is 8.96. The molecule has 2 heteroatoms. The Morgan fingerprint density at radius 1 is 1.06 bits per heavy atom. The molecule has 0 saturated carbocycles. The molecule has 0 aliphatic rings. The summed E-state index contributed by atoms with van der Waals surface area (Å²) in [7, 11) is 0. The average molecular weight is 221 g/mol. The second kappa shape index (κ2) is 7.29. The van der Waals surface area contributed by atoms with E-state index in [2.05, 4.69) is 19.2 Å². The van der Waals surface area contributed by atoms with E-state index in [4.69, 9.17) is 5.11 Å². The number of hydrogen-bond donors (Lipinski definition) is 2. The Balaban J connectivity index is 2.54. The summed E-state index contributed by atoms with van der Waals surface area (Å²) >= 11 is 0. The quantitative estimate of drug-likeness (QED) is 0.738. The van der Waals surface area contributed by atoms with Gasteiger partial charge in [0, 0.05) is 11.7 Å². The number of aliphatic hydroxyl groups is 1. The summed E-state index contributed by atoms with van der Waals surface area (Å²) in [5.74, 6) is 0. The minimum absolute atomic E-state index is 0.119. The number of aliphatic hydroxyl groups excluding tert-OH is 1. The monoisotopic (exact) mass is 221 g/mol. The van der Waals surface area contributed by atoms with Gasteiger partial charge < -0.3 is 10.4 Å². The van der Waals surface area contributed by atoms with E-state index in [0.29, 0.717) is 6.04 Å². The van der Waals surface area contributed by atoms with Gasteiger partial charge >= 0.3 is 0 Å². The Bertz CT molecular complexity index is 275. The number of anilines is 1. The first-order valence-corrected chi connectivity index (χ1v) is 6.26. The van der Waals surface area contributed by atoms with Crippen molar-refractivity contribution in [2.75, 3.05) is 5.32 Å². The van der Waals surface area contributed by atoms with Crippen LogP contribution >= 0.6 is 0 Å². The molecule has 0 aliphatic heterocycles. The molecule has 2 nitrogen and oxygen atoms in total. The van der Waals surface area contributed by atoms with Gasteiger partial charge in [0.2, 0.25) is 0 Å². The lowest BCUT2D eigenvalue weighted by molar-refractivity contribution is 0.282. The summed E-state index contributed by atoms with van der Waals surface area (Å²) in [6.07, 6.45) is 4.87. The van der Waals surface area contributed by atoms with Gasteiger partial charge in [-0.05, 0) is 30.5 Å². The molecule has 0 atom stereocenters. The summed E-state index contributed by atoms with van der Waals surface area (Å²) in [5.41, 5.74) is 2.12. The molecule has 0 spiro atoms. The fourth-order valence-electron chi connectivity index (χ4n) is 1.93. The van der Waals surface area contributed by atoms with Crippen LogP contribution in [0, 0.1) is 0 Å². The Morgan fingerprint density at radius 2 is 1.62 bits per heavy atom. The van der Waals surface area contributed by atoms with E-state index in [0.717, 1.165) is 11.3 Å². The highest BCUT2D eigenvalue weighted by molar-refractivity contribution is 5.45. The van der Waals surface area contributed by atoms with Gasteiger partial charge in [0.25, 0.3) is 0 Å². The number of benzene rings is 1. The van der Waals surface area contributed by atoms with Crippen molar-refractivity contribution in [1.82, 2.24) is 0 Å². The third-order valence-electron chi connectivity index (χ3n) is 2.78. The topological polar surface area (TPSA) is 32.3 Å². The molecule has 90 valence electrons. The highest BCUT2D eigenvalue weighted by Gasteiger charge is 2.05. The second-order valence-electron chi connectivity index (χ2n) is 4.27. The summed E-state index contributed by atoms with van der Waals surface area (Å²) < 4.78 is 0. The highest BCUT2D eigenvalue weighted by Crippen LogP contribution is 2.15. The van der Waals surface area contributed by atoms with E-state index in [1.807, 2.05) is 24.3 Å². The first-order valence-electron chi connectivity index (χ1n) is 6.26. The molecule has 0 aliphatic carbocycles. The second-order valence-corrected chi connectivity index (χ2v) is 4.27. The molecule has 0 bridgehead atoms. The molecule has 0 aromatic heterocycles. The number of nitrogens with one attached hydrogen (secondary N) is 1. The van der Waals surface area contributed by atoms with E-state index in [-0.39, 0.29) is 6.61 Å². The normalized spacial score (nSPS) is 10.8. The Morgan fingerprint density at radius 3 is 2.06 bits per heavy atom. The van der Waals surface area contributed by atoms with Crippen molar-refractivity contribution in [3.05, 3.63) is 29.8 Å². The molecule has 0 fully saturated rings. The van der Waals surface area contributed by atoms with Gasteiger partial charge in [-0.2, -0.15) is 0 Å². The minimum atomic E-state index is 0.119. The van der Waals surface area contributed by atoms with Crippen molar-refractivity contribution in [1.29, 1.82) is 0 Å². The lowest BCUT2D eigenvalue weighted by Gasteiger charge is -2.18. The lowest BCUT2D eigenvalue weighted by atomic mass is 10.1. The Labute approximate surface area is 98.7 Å². The number of hydrogen-bond acceptors (Lipinski definition) is 2. The standard InChI is InChI=1S/C14H23NO/c1-3-5-13(6-4-2)15-14-9-7-12(11-16)8-10-14/h7-10,13,15-16H,3-6,11H2,1-2H3.